The number of hydrogen-bond donors (Lipinski definition) is 1. The van der Waals surface area contributed by atoms with Gasteiger partial charge in [0.15, 0.2) is 0 Å². The van der Waals surface area contributed by atoms with E-state index in [0.29, 0.717) is 0 Å². The Morgan fingerprint density at radius 2 is 1.63 bits per heavy atom. The van der Waals surface area contributed by atoms with E-state index in [4.69, 9.17) is 5.73 Å². The minimum atomic E-state index is 0.0873. The summed E-state index contributed by atoms with van der Waals surface area (Å²) in [5.74, 6) is 0. The topological polar surface area (TPSA) is 29.3 Å². The molecule has 2 nitrogen and oxygen atoms in total. The minimum Gasteiger partial charge on any atom is -0.399 e. The zero-order chi connectivity index (χ0) is 14.7. The van der Waals surface area contributed by atoms with Crippen molar-refractivity contribution >= 4 is 5.69 Å². The van der Waals surface area contributed by atoms with Gasteiger partial charge in [0.25, 0.3) is 0 Å². The molecule has 0 saturated carbocycles. The van der Waals surface area contributed by atoms with Crippen molar-refractivity contribution in [3.63, 3.8) is 0 Å². The van der Waals surface area contributed by atoms with Crippen molar-refractivity contribution in [2.45, 2.75) is 45.6 Å². The van der Waals surface area contributed by atoms with Crippen LogP contribution in [-0.4, -0.2) is 23.5 Å². The predicted molar refractivity (Wildman–Crippen MR) is 85.4 cm³/mol. The lowest BCUT2D eigenvalue weighted by Gasteiger charge is -2.40. The minimum absolute atomic E-state index is 0.0873. The summed E-state index contributed by atoms with van der Waals surface area (Å²) >= 11 is 0. The van der Waals surface area contributed by atoms with Gasteiger partial charge in [0.05, 0.1) is 0 Å². The molecule has 2 N–H and O–H groups in total. The highest BCUT2D eigenvalue weighted by Crippen LogP contribution is 2.28. The lowest BCUT2D eigenvalue weighted by molar-refractivity contribution is 0.125. The molecule has 0 spiro atoms. The Bertz CT molecular complexity index is 410. The monoisotopic (exact) mass is 260 g/mol. The Labute approximate surface area is 118 Å². The molecule has 0 aliphatic rings. The van der Waals surface area contributed by atoms with E-state index >= 15 is 0 Å². The fourth-order valence-electron chi connectivity index (χ4n) is 2.23. The summed E-state index contributed by atoms with van der Waals surface area (Å²) < 4.78 is 0. The molecule has 0 saturated heterocycles. The molecular weight excluding hydrogens is 232 g/mol. The molecule has 0 amide bonds. The van der Waals surface area contributed by atoms with Crippen LogP contribution in [0.25, 0.3) is 0 Å². The number of hydrogen-bond acceptors (Lipinski definition) is 2. The molecule has 0 fully saturated rings. The summed E-state index contributed by atoms with van der Waals surface area (Å²) in [7, 11) is 0. The first-order chi connectivity index (χ1) is 8.66. The maximum absolute atomic E-state index is 5.76. The lowest BCUT2D eigenvalue weighted by atomic mass is 9.83. The van der Waals surface area contributed by atoms with E-state index in [1.54, 1.807) is 0 Å². The van der Waals surface area contributed by atoms with Crippen molar-refractivity contribution in [2.75, 3.05) is 18.8 Å². The zero-order valence-electron chi connectivity index (χ0n) is 13.0. The van der Waals surface area contributed by atoms with Crippen molar-refractivity contribution in [1.82, 2.24) is 4.90 Å². The first-order valence-corrected chi connectivity index (χ1v) is 6.89. The third kappa shape index (κ3) is 4.39. The molecule has 0 heterocycles. The first-order valence-electron chi connectivity index (χ1n) is 6.89. The summed E-state index contributed by atoms with van der Waals surface area (Å²) in [5.41, 5.74) is 8.13. The molecule has 19 heavy (non-hydrogen) atoms. The fraction of sp³-hybridized carbons (Fsp3) is 0.529. The van der Waals surface area contributed by atoms with Crippen molar-refractivity contribution in [3.8, 4) is 0 Å². The molecule has 0 aliphatic carbocycles. The number of rotatable bonds is 5. The Hall–Kier alpha value is -1.28. The van der Waals surface area contributed by atoms with E-state index in [0.717, 1.165) is 18.8 Å². The maximum atomic E-state index is 5.76. The SMILES string of the molecule is C=CCN(CC(C)(C)c1ccc(N)cc1)C(C)(C)C. The van der Waals surface area contributed by atoms with Crippen molar-refractivity contribution in [2.24, 2.45) is 0 Å². The summed E-state index contributed by atoms with van der Waals surface area (Å²) in [5, 5.41) is 0. The van der Waals surface area contributed by atoms with Gasteiger partial charge in [-0.1, -0.05) is 32.1 Å². The van der Waals surface area contributed by atoms with Crippen LogP contribution in [-0.2, 0) is 5.41 Å². The molecule has 0 atom stereocenters. The first kappa shape index (κ1) is 15.8. The highest BCUT2D eigenvalue weighted by Gasteiger charge is 2.29. The summed E-state index contributed by atoms with van der Waals surface area (Å²) in [4.78, 5) is 2.45. The van der Waals surface area contributed by atoms with Crippen LogP contribution in [0, 0.1) is 0 Å². The van der Waals surface area contributed by atoms with Gasteiger partial charge in [-0.05, 0) is 38.5 Å². The Balaban J connectivity index is 2.93. The Kier molecular flexibility index (Phi) is 4.81. The molecule has 106 valence electrons. The van der Waals surface area contributed by atoms with Gasteiger partial charge in [0.1, 0.15) is 0 Å². The van der Waals surface area contributed by atoms with Crippen LogP contribution in [0.5, 0.6) is 0 Å². The molecule has 0 bridgehead atoms. The van der Waals surface area contributed by atoms with E-state index in [9.17, 15) is 0 Å². The van der Waals surface area contributed by atoms with Crippen LogP contribution in [0.3, 0.4) is 0 Å². The van der Waals surface area contributed by atoms with Gasteiger partial charge >= 0.3 is 0 Å². The van der Waals surface area contributed by atoms with Crippen LogP contribution in [0.4, 0.5) is 5.69 Å². The average molecular weight is 260 g/mol. The maximum Gasteiger partial charge on any atom is 0.0314 e. The molecule has 0 aliphatic heterocycles. The second-order valence-corrected chi connectivity index (χ2v) is 6.85. The molecule has 1 aromatic carbocycles. The molecule has 2 heteroatoms. The van der Waals surface area contributed by atoms with E-state index in [2.05, 4.69) is 58.2 Å². The predicted octanol–water partition coefficient (Wildman–Crippen LogP) is 3.83. The lowest BCUT2D eigenvalue weighted by Crippen LogP contribution is -2.47. The summed E-state index contributed by atoms with van der Waals surface area (Å²) in [6, 6.07) is 8.21. The van der Waals surface area contributed by atoms with Gasteiger partial charge in [-0.2, -0.15) is 0 Å². The molecule has 1 rings (SSSR count). The van der Waals surface area contributed by atoms with Gasteiger partial charge in [0.2, 0.25) is 0 Å². The summed E-state index contributed by atoms with van der Waals surface area (Å²) in [6.45, 7) is 17.1. The number of nitrogen functional groups attached to an aromatic ring is 1. The van der Waals surface area contributed by atoms with E-state index in [1.165, 1.54) is 5.56 Å². The average Bonchev–Trinajstić information content (AvgIpc) is 2.27. The Morgan fingerprint density at radius 1 is 1.11 bits per heavy atom. The van der Waals surface area contributed by atoms with Gasteiger partial charge in [-0.15, -0.1) is 6.58 Å². The van der Waals surface area contributed by atoms with Crippen molar-refractivity contribution in [3.05, 3.63) is 42.5 Å². The quantitative estimate of drug-likeness (QED) is 0.644. The zero-order valence-corrected chi connectivity index (χ0v) is 13.0. The van der Waals surface area contributed by atoms with Crippen LogP contribution in [0.1, 0.15) is 40.2 Å². The summed E-state index contributed by atoms with van der Waals surface area (Å²) in [6.07, 6.45) is 1.98. The normalized spacial score (nSPS) is 12.7. The second-order valence-electron chi connectivity index (χ2n) is 6.85. The second kappa shape index (κ2) is 5.79. The van der Waals surface area contributed by atoms with Gasteiger partial charge in [-0.25, -0.2) is 0 Å². The smallest absolute Gasteiger partial charge is 0.0314 e. The van der Waals surface area contributed by atoms with Crippen molar-refractivity contribution < 1.29 is 0 Å². The van der Waals surface area contributed by atoms with Gasteiger partial charge < -0.3 is 5.73 Å². The van der Waals surface area contributed by atoms with Crippen LogP contribution in [0.15, 0.2) is 36.9 Å². The van der Waals surface area contributed by atoms with Crippen LogP contribution >= 0.6 is 0 Å². The molecule has 1 aromatic rings. The highest BCUT2D eigenvalue weighted by molar-refractivity contribution is 5.41. The van der Waals surface area contributed by atoms with Crippen LogP contribution in [0.2, 0.25) is 0 Å². The van der Waals surface area contributed by atoms with Crippen molar-refractivity contribution in [1.29, 1.82) is 0 Å². The third-order valence-electron chi connectivity index (χ3n) is 3.58. The van der Waals surface area contributed by atoms with E-state index in [1.807, 2.05) is 18.2 Å². The number of nitrogens with two attached hydrogens (primary N) is 1. The molecular formula is C17H28N2. The highest BCUT2D eigenvalue weighted by atomic mass is 15.2. The van der Waals surface area contributed by atoms with Gasteiger partial charge in [0, 0.05) is 29.7 Å². The molecule has 0 aromatic heterocycles. The Morgan fingerprint density at radius 3 is 2.05 bits per heavy atom. The third-order valence-corrected chi connectivity index (χ3v) is 3.58. The number of benzene rings is 1. The van der Waals surface area contributed by atoms with E-state index < -0.39 is 0 Å². The van der Waals surface area contributed by atoms with E-state index in [-0.39, 0.29) is 11.0 Å². The fourth-order valence-corrected chi connectivity index (χ4v) is 2.23. The molecule has 0 unspecified atom stereocenters. The standard InChI is InChI=1S/C17H28N2/c1-7-12-19(16(2,3)4)13-17(5,6)14-8-10-15(18)11-9-14/h7-11H,1,12-13,18H2,2-6H3. The van der Waals surface area contributed by atoms with Crippen LogP contribution < -0.4 is 5.73 Å². The molecule has 0 radical (unpaired) electrons. The number of anilines is 1. The van der Waals surface area contributed by atoms with Gasteiger partial charge in [-0.3, -0.25) is 4.90 Å². The number of nitrogens with zero attached hydrogens (tertiary/aromatic N) is 1. The largest absolute Gasteiger partial charge is 0.399 e.